The Morgan fingerprint density at radius 1 is 1.21 bits per heavy atom. The summed E-state index contributed by atoms with van der Waals surface area (Å²) >= 11 is 0. The number of esters is 1. The van der Waals surface area contributed by atoms with E-state index in [4.69, 9.17) is 4.74 Å². The van der Waals surface area contributed by atoms with Gasteiger partial charge in [-0.3, -0.25) is 9.59 Å². The van der Waals surface area contributed by atoms with Crippen molar-refractivity contribution in [3.05, 3.63) is 54.6 Å². The van der Waals surface area contributed by atoms with Crippen LogP contribution in [0.15, 0.2) is 43.5 Å². The van der Waals surface area contributed by atoms with Gasteiger partial charge in [-0.1, -0.05) is 12.2 Å². The minimum absolute atomic E-state index is 0.0343. The molecule has 0 fully saturated rings. The smallest absolute Gasteiger partial charge is 0.338 e. The summed E-state index contributed by atoms with van der Waals surface area (Å²) in [7, 11) is 0. The summed E-state index contributed by atoms with van der Waals surface area (Å²) in [5.74, 6) is -0.915. The second-order valence-electron chi connectivity index (χ2n) is 5.37. The molecule has 6 heteroatoms. The summed E-state index contributed by atoms with van der Waals surface area (Å²) in [6.45, 7) is 7.56. The molecule has 126 valence electrons. The van der Waals surface area contributed by atoms with Crippen LogP contribution in [0.1, 0.15) is 22.3 Å². The van der Waals surface area contributed by atoms with Gasteiger partial charge in [0, 0.05) is 25.2 Å². The zero-order chi connectivity index (χ0) is 17.5. The Morgan fingerprint density at radius 3 is 2.58 bits per heavy atom. The van der Waals surface area contributed by atoms with Crippen LogP contribution in [0.4, 0.5) is 5.69 Å². The van der Waals surface area contributed by atoms with Crippen LogP contribution in [0.3, 0.4) is 0 Å². The minimum atomic E-state index is -0.569. The average molecular weight is 328 g/mol. The normalized spacial score (nSPS) is 12.6. The third kappa shape index (κ3) is 4.32. The number of anilines is 1. The molecule has 1 aliphatic heterocycles. The predicted octanol–water partition coefficient (Wildman–Crippen LogP) is 1.93. The van der Waals surface area contributed by atoms with Crippen molar-refractivity contribution in [1.82, 2.24) is 4.90 Å². The van der Waals surface area contributed by atoms with E-state index in [1.807, 2.05) is 0 Å². The van der Waals surface area contributed by atoms with Crippen LogP contribution in [0, 0.1) is 0 Å². The van der Waals surface area contributed by atoms with Gasteiger partial charge < -0.3 is 15.0 Å². The maximum absolute atomic E-state index is 12.1. The zero-order valence-electron chi connectivity index (χ0n) is 13.4. The van der Waals surface area contributed by atoms with Crippen molar-refractivity contribution in [2.24, 2.45) is 0 Å². The van der Waals surface area contributed by atoms with Gasteiger partial charge in [0.15, 0.2) is 6.61 Å². The predicted molar refractivity (Wildman–Crippen MR) is 90.6 cm³/mol. The summed E-state index contributed by atoms with van der Waals surface area (Å²) in [6.07, 6.45) is 4.16. The number of aryl methyl sites for hydroxylation is 1. The summed E-state index contributed by atoms with van der Waals surface area (Å²) < 4.78 is 5.09. The first-order valence-corrected chi connectivity index (χ1v) is 7.64. The van der Waals surface area contributed by atoms with Gasteiger partial charge in [-0.05, 0) is 30.2 Å². The second kappa shape index (κ2) is 8.10. The molecule has 0 spiro atoms. The largest absolute Gasteiger partial charge is 0.452 e. The quantitative estimate of drug-likeness (QED) is 0.613. The lowest BCUT2D eigenvalue weighted by Crippen LogP contribution is -2.35. The van der Waals surface area contributed by atoms with E-state index >= 15 is 0 Å². The fourth-order valence-electron chi connectivity index (χ4n) is 2.40. The van der Waals surface area contributed by atoms with Crippen molar-refractivity contribution in [1.29, 1.82) is 0 Å². The van der Waals surface area contributed by atoms with Gasteiger partial charge in [-0.2, -0.15) is 0 Å². The molecule has 0 aromatic heterocycles. The van der Waals surface area contributed by atoms with Crippen LogP contribution < -0.4 is 5.32 Å². The molecule has 0 radical (unpaired) electrons. The topological polar surface area (TPSA) is 75.7 Å². The SMILES string of the molecule is C=CCN(CC=C)C(=O)COC(=O)c1ccc2c(c1)CCC(=O)N2. The van der Waals surface area contributed by atoms with E-state index in [9.17, 15) is 14.4 Å². The highest BCUT2D eigenvalue weighted by Crippen LogP contribution is 2.23. The van der Waals surface area contributed by atoms with Gasteiger partial charge in [0.2, 0.25) is 5.91 Å². The van der Waals surface area contributed by atoms with E-state index in [1.165, 1.54) is 4.90 Å². The summed E-state index contributed by atoms with van der Waals surface area (Å²) in [5, 5.41) is 2.75. The lowest BCUT2D eigenvalue weighted by molar-refractivity contribution is -0.133. The van der Waals surface area contributed by atoms with E-state index in [0.29, 0.717) is 37.2 Å². The van der Waals surface area contributed by atoms with Crippen molar-refractivity contribution in [2.45, 2.75) is 12.8 Å². The monoisotopic (exact) mass is 328 g/mol. The fraction of sp³-hybridized carbons (Fsp3) is 0.278. The maximum atomic E-state index is 12.1. The minimum Gasteiger partial charge on any atom is -0.452 e. The molecule has 1 N–H and O–H groups in total. The number of fused-ring (bicyclic) bond motifs is 1. The number of benzene rings is 1. The molecule has 2 rings (SSSR count). The average Bonchev–Trinajstić information content (AvgIpc) is 2.58. The van der Waals surface area contributed by atoms with Gasteiger partial charge in [0.05, 0.1) is 5.56 Å². The van der Waals surface area contributed by atoms with Crippen LogP contribution in [0.2, 0.25) is 0 Å². The lowest BCUT2D eigenvalue weighted by Gasteiger charge is -2.19. The zero-order valence-corrected chi connectivity index (χ0v) is 13.4. The lowest BCUT2D eigenvalue weighted by atomic mass is 10.0. The Kier molecular flexibility index (Phi) is 5.89. The number of amides is 2. The molecule has 0 atom stereocenters. The standard InChI is InChI=1S/C18H20N2O4/c1-3-9-20(10-4-2)17(22)12-24-18(23)14-5-7-15-13(11-14)6-8-16(21)19-15/h3-5,7,11H,1-2,6,8-10,12H2,(H,19,21). The first-order valence-electron chi connectivity index (χ1n) is 7.64. The van der Waals surface area contributed by atoms with Crippen molar-refractivity contribution >= 4 is 23.5 Å². The van der Waals surface area contributed by atoms with Crippen LogP contribution in [-0.2, 0) is 20.7 Å². The molecular formula is C18H20N2O4. The first-order chi connectivity index (χ1) is 11.5. The molecular weight excluding hydrogens is 308 g/mol. The molecule has 1 heterocycles. The van der Waals surface area contributed by atoms with Gasteiger partial charge in [0.25, 0.3) is 5.91 Å². The molecule has 2 amide bonds. The van der Waals surface area contributed by atoms with E-state index in [1.54, 1.807) is 30.4 Å². The van der Waals surface area contributed by atoms with Crippen LogP contribution in [0.25, 0.3) is 0 Å². The summed E-state index contributed by atoms with van der Waals surface area (Å²) in [6, 6.07) is 4.93. The van der Waals surface area contributed by atoms with Gasteiger partial charge >= 0.3 is 5.97 Å². The second-order valence-corrected chi connectivity index (χ2v) is 5.37. The third-order valence-electron chi connectivity index (χ3n) is 3.61. The number of hydrogen-bond acceptors (Lipinski definition) is 4. The van der Waals surface area contributed by atoms with Crippen molar-refractivity contribution < 1.29 is 19.1 Å². The Labute approximate surface area is 140 Å². The Morgan fingerprint density at radius 2 is 1.92 bits per heavy atom. The highest BCUT2D eigenvalue weighted by Gasteiger charge is 2.18. The van der Waals surface area contributed by atoms with Gasteiger partial charge in [0.1, 0.15) is 0 Å². The number of rotatable bonds is 7. The van der Waals surface area contributed by atoms with Crippen LogP contribution in [-0.4, -0.2) is 42.4 Å². The molecule has 24 heavy (non-hydrogen) atoms. The molecule has 0 aliphatic carbocycles. The summed E-state index contributed by atoms with van der Waals surface area (Å²) in [4.78, 5) is 37.0. The van der Waals surface area contributed by atoms with E-state index < -0.39 is 5.97 Å². The number of nitrogens with zero attached hydrogens (tertiary/aromatic N) is 1. The van der Waals surface area contributed by atoms with E-state index in [0.717, 1.165) is 5.56 Å². The molecule has 0 saturated carbocycles. The number of nitrogens with one attached hydrogen (secondary N) is 1. The highest BCUT2D eigenvalue weighted by atomic mass is 16.5. The number of ether oxygens (including phenoxy) is 1. The molecule has 6 nitrogen and oxygen atoms in total. The molecule has 1 aromatic rings. The molecule has 0 bridgehead atoms. The molecule has 0 saturated heterocycles. The molecule has 1 aliphatic rings. The number of hydrogen-bond donors (Lipinski definition) is 1. The van der Waals surface area contributed by atoms with E-state index in [-0.39, 0.29) is 18.4 Å². The van der Waals surface area contributed by atoms with Crippen molar-refractivity contribution in [2.75, 3.05) is 25.0 Å². The van der Waals surface area contributed by atoms with Crippen molar-refractivity contribution in [3.8, 4) is 0 Å². The van der Waals surface area contributed by atoms with Crippen LogP contribution in [0.5, 0.6) is 0 Å². The fourth-order valence-corrected chi connectivity index (χ4v) is 2.40. The van der Waals surface area contributed by atoms with Crippen molar-refractivity contribution in [3.63, 3.8) is 0 Å². The van der Waals surface area contributed by atoms with Crippen LogP contribution >= 0.6 is 0 Å². The Balaban J connectivity index is 1.97. The Bertz CT molecular complexity index is 672. The van der Waals surface area contributed by atoms with Gasteiger partial charge in [-0.25, -0.2) is 4.79 Å². The summed E-state index contributed by atoms with van der Waals surface area (Å²) in [5.41, 5.74) is 1.95. The highest BCUT2D eigenvalue weighted by molar-refractivity contribution is 5.96. The third-order valence-corrected chi connectivity index (χ3v) is 3.61. The number of carbonyl (C=O) groups excluding carboxylic acids is 3. The first kappa shape index (κ1) is 17.5. The van der Waals surface area contributed by atoms with E-state index in [2.05, 4.69) is 18.5 Å². The number of carbonyl (C=O) groups is 3. The molecule has 0 unspecified atom stereocenters. The maximum Gasteiger partial charge on any atom is 0.338 e. The Hall–Kier alpha value is -2.89. The molecule has 1 aromatic carbocycles. The van der Waals surface area contributed by atoms with Gasteiger partial charge in [-0.15, -0.1) is 13.2 Å².